The molecule has 5 nitrogen and oxygen atoms in total. The molecular formula is C16H17NO4. The van der Waals surface area contributed by atoms with Crippen LogP contribution in [0.1, 0.15) is 17.7 Å². The molecule has 0 radical (unpaired) electrons. The van der Waals surface area contributed by atoms with Crippen molar-refractivity contribution >= 4 is 5.97 Å². The van der Waals surface area contributed by atoms with E-state index < -0.39 is 5.97 Å². The van der Waals surface area contributed by atoms with Crippen LogP contribution in [0.25, 0.3) is 5.69 Å². The molecule has 0 aliphatic carbocycles. The number of hydrogen-bond acceptors (Lipinski definition) is 3. The lowest BCUT2D eigenvalue weighted by Gasteiger charge is -2.13. The van der Waals surface area contributed by atoms with Crippen molar-refractivity contribution in [1.82, 2.24) is 4.57 Å². The summed E-state index contributed by atoms with van der Waals surface area (Å²) in [5.41, 5.74) is 2.01. The van der Waals surface area contributed by atoms with Crippen LogP contribution in [0.4, 0.5) is 0 Å². The van der Waals surface area contributed by atoms with Crippen molar-refractivity contribution in [3.05, 3.63) is 58.0 Å². The summed E-state index contributed by atoms with van der Waals surface area (Å²) in [7, 11) is 1.59. The van der Waals surface area contributed by atoms with Gasteiger partial charge in [-0.1, -0.05) is 6.07 Å². The van der Waals surface area contributed by atoms with E-state index in [0.717, 1.165) is 17.1 Å². The Hall–Kier alpha value is -2.56. The quantitative estimate of drug-likeness (QED) is 0.915. The molecule has 1 N–H and O–H groups in total. The number of rotatable bonds is 5. The van der Waals surface area contributed by atoms with Crippen LogP contribution in [0, 0.1) is 6.92 Å². The van der Waals surface area contributed by atoms with Crippen LogP contribution < -0.4 is 10.2 Å². The number of carbonyl (C=O) groups is 1. The Morgan fingerprint density at radius 2 is 2.10 bits per heavy atom. The maximum absolute atomic E-state index is 11.9. The van der Waals surface area contributed by atoms with Gasteiger partial charge in [-0.2, -0.15) is 0 Å². The van der Waals surface area contributed by atoms with E-state index in [1.165, 1.54) is 6.07 Å². The molecule has 1 heterocycles. The number of carboxylic acid groups (broad SMARTS) is 1. The fourth-order valence-electron chi connectivity index (χ4n) is 2.14. The van der Waals surface area contributed by atoms with Crippen molar-refractivity contribution in [2.24, 2.45) is 0 Å². The molecule has 2 aromatic rings. The van der Waals surface area contributed by atoms with E-state index in [9.17, 15) is 9.59 Å². The van der Waals surface area contributed by atoms with Gasteiger partial charge < -0.3 is 14.4 Å². The van der Waals surface area contributed by atoms with E-state index in [-0.39, 0.29) is 18.3 Å². The van der Waals surface area contributed by atoms with E-state index in [1.54, 1.807) is 13.3 Å². The third-order valence-electron chi connectivity index (χ3n) is 3.26. The molecule has 0 saturated heterocycles. The number of aromatic nitrogens is 1. The number of carboxylic acids is 1. The smallest absolute Gasteiger partial charge is 0.303 e. The van der Waals surface area contributed by atoms with Crippen molar-refractivity contribution < 1.29 is 14.6 Å². The summed E-state index contributed by atoms with van der Waals surface area (Å²) >= 11 is 0. The molecule has 110 valence electrons. The van der Waals surface area contributed by atoms with Crippen LogP contribution in [-0.2, 0) is 11.2 Å². The van der Waals surface area contributed by atoms with E-state index in [4.69, 9.17) is 9.84 Å². The molecular weight excluding hydrogens is 270 g/mol. The van der Waals surface area contributed by atoms with Gasteiger partial charge in [-0.05, 0) is 25.5 Å². The largest absolute Gasteiger partial charge is 0.497 e. The molecule has 0 bridgehead atoms. The van der Waals surface area contributed by atoms with Crippen molar-refractivity contribution in [2.75, 3.05) is 7.11 Å². The zero-order chi connectivity index (χ0) is 15.4. The molecule has 0 spiro atoms. The van der Waals surface area contributed by atoms with E-state index in [0.29, 0.717) is 5.56 Å². The zero-order valence-electron chi connectivity index (χ0n) is 12.0. The third-order valence-corrected chi connectivity index (χ3v) is 3.26. The van der Waals surface area contributed by atoms with Gasteiger partial charge in [0.15, 0.2) is 5.43 Å². The molecule has 0 aliphatic rings. The summed E-state index contributed by atoms with van der Waals surface area (Å²) in [6.07, 6.45) is 1.87. The number of benzene rings is 1. The summed E-state index contributed by atoms with van der Waals surface area (Å²) in [6, 6.07) is 8.99. The van der Waals surface area contributed by atoms with Crippen LogP contribution in [0.15, 0.2) is 41.3 Å². The van der Waals surface area contributed by atoms with Crippen LogP contribution >= 0.6 is 0 Å². The lowest BCUT2D eigenvalue weighted by atomic mass is 10.1. The van der Waals surface area contributed by atoms with Gasteiger partial charge in [0.25, 0.3) is 0 Å². The molecule has 0 saturated carbocycles. The molecule has 21 heavy (non-hydrogen) atoms. The van der Waals surface area contributed by atoms with Crippen molar-refractivity contribution in [1.29, 1.82) is 0 Å². The third kappa shape index (κ3) is 3.51. The van der Waals surface area contributed by atoms with Gasteiger partial charge in [-0.3, -0.25) is 9.59 Å². The van der Waals surface area contributed by atoms with Gasteiger partial charge in [0.05, 0.1) is 7.11 Å². The molecule has 5 heteroatoms. The summed E-state index contributed by atoms with van der Waals surface area (Å²) in [4.78, 5) is 22.6. The van der Waals surface area contributed by atoms with Gasteiger partial charge >= 0.3 is 5.97 Å². The minimum Gasteiger partial charge on any atom is -0.497 e. The Labute approximate surface area is 122 Å². The van der Waals surface area contributed by atoms with E-state index in [2.05, 4.69) is 0 Å². The van der Waals surface area contributed by atoms with Crippen LogP contribution in [0.5, 0.6) is 5.75 Å². The Morgan fingerprint density at radius 1 is 1.33 bits per heavy atom. The normalized spacial score (nSPS) is 10.4. The fraction of sp³-hybridized carbons (Fsp3) is 0.250. The number of aliphatic carboxylic acids is 1. The van der Waals surface area contributed by atoms with Gasteiger partial charge in [0, 0.05) is 41.7 Å². The highest BCUT2D eigenvalue weighted by Gasteiger charge is 2.08. The summed E-state index contributed by atoms with van der Waals surface area (Å²) in [6.45, 7) is 1.84. The first-order chi connectivity index (χ1) is 10.0. The average Bonchev–Trinajstić information content (AvgIpc) is 2.46. The average molecular weight is 287 g/mol. The Bertz CT molecular complexity index is 718. The number of methoxy groups -OCH3 is 1. The van der Waals surface area contributed by atoms with Crippen LogP contribution in [0.2, 0.25) is 0 Å². The molecule has 1 aromatic carbocycles. The summed E-state index contributed by atoms with van der Waals surface area (Å²) in [5, 5.41) is 8.75. The summed E-state index contributed by atoms with van der Waals surface area (Å²) in [5.74, 6) is -0.194. The zero-order valence-corrected chi connectivity index (χ0v) is 12.0. The fourth-order valence-corrected chi connectivity index (χ4v) is 2.14. The molecule has 0 atom stereocenters. The first-order valence-corrected chi connectivity index (χ1v) is 6.59. The number of pyridine rings is 1. The predicted molar refractivity (Wildman–Crippen MR) is 79.3 cm³/mol. The number of nitrogens with zero attached hydrogens (tertiary/aromatic N) is 1. The molecule has 0 unspecified atom stereocenters. The lowest BCUT2D eigenvalue weighted by Crippen LogP contribution is -2.15. The Kier molecular flexibility index (Phi) is 4.42. The molecule has 1 aromatic heterocycles. The number of ether oxygens (including phenoxy) is 1. The highest BCUT2D eigenvalue weighted by atomic mass is 16.5. The lowest BCUT2D eigenvalue weighted by molar-refractivity contribution is -0.136. The van der Waals surface area contributed by atoms with Crippen LogP contribution in [-0.4, -0.2) is 22.8 Å². The highest BCUT2D eigenvalue weighted by Crippen LogP contribution is 2.18. The number of aryl methyl sites for hydroxylation is 2. The molecule has 2 rings (SSSR count). The standard InChI is InChI=1S/C16H17NO4/c1-11-8-15(18)12(6-7-16(19)20)10-17(11)13-4-3-5-14(9-13)21-2/h3-5,8-10H,6-7H2,1-2H3,(H,19,20). The maximum atomic E-state index is 11.9. The predicted octanol–water partition coefficient (Wildman–Crippen LogP) is 2.17. The topological polar surface area (TPSA) is 68.5 Å². The number of hydrogen-bond donors (Lipinski definition) is 1. The van der Waals surface area contributed by atoms with Gasteiger partial charge in [0.2, 0.25) is 0 Å². The first kappa shape index (κ1) is 14.8. The highest BCUT2D eigenvalue weighted by molar-refractivity contribution is 5.67. The second-order valence-corrected chi connectivity index (χ2v) is 4.77. The molecule has 0 amide bonds. The van der Waals surface area contributed by atoms with Gasteiger partial charge in [0.1, 0.15) is 5.75 Å². The van der Waals surface area contributed by atoms with Gasteiger partial charge in [-0.25, -0.2) is 0 Å². The SMILES string of the molecule is COc1cccc(-n2cc(CCC(=O)O)c(=O)cc2C)c1. The Morgan fingerprint density at radius 3 is 2.76 bits per heavy atom. The minimum absolute atomic E-state index is 0.0591. The van der Waals surface area contributed by atoms with Crippen LogP contribution in [0.3, 0.4) is 0 Å². The monoisotopic (exact) mass is 287 g/mol. The Balaban J connectivity index is 2.45. The van der Waals surface area contributed by atoms with Crippen molar-refractivity contribution in [3.63, 3.8) is 0 Å². The summed E-state index contributed by atoms with van der Waals surface area (Å²) < 4.78 is 7.06. The van der Waals surface area contributed by atoms with E-state index >= 15 is 0 Å². The molecule has 0 aliphatic heterocycles. The second kappa shape index (κ2) is 6.26. The van der Waals surface area contributed by atoms with Gasteiger partial charge in [-0.15, -0.1) is 0 Å². The van der Waals surface area contributed by atoms with Crippen molar-refractivity contribution in [3.8, 4) is 11.4 Å². The minimum atomic E-state index is -0.914. The maximum Gasteiger partial charge on any atom is 0.303 e. The molecule has 0 fully saturated rings. The van der Waals surface area contributed by atoms with Crippen molar-refractivity contribution in [2.45, 2.75) is 19.8 Å². The second-order valence-electron chi connectivity index (χ2n) is 4.77. The first-order valence-electron chi connectivity index (χ1n) is 6.59. The van der Waals surface area contributed by atoms with E-state index in [1.807, 2.05) is 35.8 Å².